The molecule has 0 aliphatic heterocycles. The normalized spacial score (nSPS) is 11.1. The summed E-state index contributed by atoms with van der Waals surface area (Å²) in [4.78, 5) is 0. The zero-order valence-corrected chi connectivity index (χ0v) is 9.16. The van der Waals surface area contributed by atoms with Crippen LogP contribution in [-0.4, -0.2) is 30.0 Å². The van der Waals surface area contributed by atoms with Crippen molar-refractivity contribution in [3.05, 3.63) is 18.0 Å². The third-order valence-electron chi connectivity index (χ3n) is 1.94. The molecular weight excluding hydrogens is 178 g/mol. The van der Waals surface area contributed by atoms with E-state index in [1.807, 2.05) is 24.0 Å². The van der Waals surface area contributed by atoms with Crippen LogP contribution in [0.2, 0.25) is 0 Å². The van der Waals surface area contributed by atoms with E-state index in [1.54, 1.807) is 0 Å². The molecule has 0 aromatic carbocycles. The van der Waals surface area contributed by atoms with Crippen molar-refractivity contribution >= 4 is 0 Å². The number of hydrogen-bond acceptors (Lipinski definition) is 3. The van der Waals surface area contributed by atoms with Gasteiger partial charge in [0.25, 0.3) is 0 Å². The van der Waals surface area contributed by atoms with E-state index < -0.39 is 0 Å². The molecule has 0 saturated heterocycles. The van der Waals surface area contributed by atoms with E-state index in [2.05, 4.69) is 24.3 Å². The monoisotopic (exact) mass is 197 g/mol. The van der Waals surface area contributed by atoms with E-state index in [9.17, 15) is 0 Å². The molecule has 14 heavy (non-hydrogen) atoms. The first-order valence-electron chi connectivity index (χ1n) is 5.00. The van der Waals surface area contributed by atoms with Crippen LogP contribution >= 0.6 is 0 Å². The van der Waals surface area contributed by atoms with Gasteiger partial charge in [0.15, 0.2) is 0 Å². The van der Waals surface area contributed by atoms with Crippen molar-refractivity contribution < 1.29 is 4.74 Å². The molecule has 1 aromatic rings. The minimum absolute atomic E-state index is 0.418. The number of hydrogen-bond donors (Lipinski definition) is 1. The third kappa shape index (κ3) is 3.47. The lowest BCUT2D eigenvalue weighted by atomic mass is 10.4. The molecule has 1 aromatic heterocycles. The van der Waals surface area contributed by atoms with E-state index in [0.717, 1.165) is 18.8 Å². The van der Waals surface area contributed by atoms with Crippen molar-refractivity contribution in [1.82, 2.24) is 15.1 Å². The molecule has 1 N–H and O–H groups in total. The van der Waals surface area contributed by atoms with Crippen LogP contribution in [0.5, 0.6) is 0 Å². The van der Waals surface area contributed by atoms with Gasteiger partial charge in [0, 0.05) is 18.8 Å². The van der Waals surface area contributed by atoms with Gasteiger partial charge in [0.2, 0.25) is 0 Å². The maximum absolute atomic E-state index is 5.41. The Morgan fingerprint density at radius 2 is 2.36 bits per heavy atom. The molecule has 4 nitrogen and oxygen atoms in total. The first kappa shape index (κ1) is 11.2. The Hall–Kier alpha value is -0.870. The molecule has 0 atom stereocenters. The summed E-state index contributed by atoms with van der Waals surface area (Å²) in [6, 6.07) is 2.42. The van der Waals surface area contributed by atoms with Crippen LogP contribution in [0.15, 0.2) is 12.3 Å². The van der Waals surface area contributed by atoms with Crippen molar-refractivity contribution in [3.8, 4) is 0 Å². The number of rotatable bonds is 6. The van der Waals surface area contributed by atoms with E-state index in [0.29, 0.717) is 12.6 Å². The second-order valence-corrected chi connectivity index (χ2v) is 3.54. The van der Waals surface area contributed by atoms with Gasteiger partial charge in [0.1, 0.15) is 0 Å². The van der Waals surface area contributed by atoms with Crippen LogP contribution in [0.3, 0.4) is 0 Å². The molecular formula is C10H19N3O. The number of nitrogens with zero attached hydrogens (tertiary/aromatic N) is 2. The first-order chi connectivity index (χ1) is 6.74. The summed E-state index contributed by atoms with van der Waals surface area (Å²) in [5, 5.41) is 7.41. The van der Waals surface area contributed by atoms with E-state index >= 15 is 0 Å². The summed E-state index contributed by atoms with van der Waals surface area (Å²) >= 11 is 0. The molecule has 0 bridgehead atoms. The quantitative estimate of drug-likeness (QED) is 0.696. The zero-order chi connectivity index (χ0) is 10.4. The van der Waals surface area contributed by atoms with Gasteiger partial charge in [-0.05, 0) is 27.0 Å². The largest absolute Gasteiger partial charge is 0.374 e. The van der Waals surface area contributed by atoms with Crippen LogP contribution < -0.4 is 5.32 Å². The molecule has 1 rings (SSSR count). The van der Waals surface area contributed by atoms with Gasteiger partial charge in [-0.2, -0.15) is 5.10 Å². The maximum atomic E-state index is 5.41. The van der Waals surface area contributed by atoms with Gasteiger partial charge < -0.3 is 10.1 Å². The molecule has 0 unspecified atom stereocenters. The Kier molecular flexibility index (Phi) is 4.62. The van der Waals surface area contributed by atoms with Gasteiger partial charge in [-0.25, -0.2) is 0 Å². The van der Waals surface area contributed by atoms with Crippen molar-refractivity contribution in [2.24, 2.45) is 0 Å². The number of aromatic nitrogens is 2. The van der Waals surface area contributed by atoms with Gasteiger partial charge in [0.05, 0.1) is 18.9 Å². The van der Waals surface area contributed by atoms with E-state index in [1.165, 1.54) is 0 Å². The van der Waals surface area contributed by atoms with Crippen molar-refractivity contribution in [3.63, 3.8) is 0 Å². The molecule has 80 valence electrons. The predicted molar refractivity (Wildman–Crippen MR) is 56.2 cm³/mol. The lowest BCUT2D eigenvalue weighted by molar-refractivity contribution is 0.121. The van der Waals surface area contributed by atoms with Gasteiger partial charge in [-0.1, -0.05) is 0 Å². The Morgan fingerprint density at radius 3 is 2.93 bits per heavy atom. The Labute approximate surface area is 85.3 Å². The lowest BCUT2D eigenvalue weighted by Gasteiger charge is -2.04. The molecule has 0 aliphatic rings. The fraction of sp³-hybridized carbons (Fsp3) is 0.700. The van der Waals surface area contributed by atoms with Crippen LogP contribution in [0.25, 0.3) is 0 Å². The second-order valence-electron chi connectivity index (χ2n) is 3.54. The summed E-state index contributed by atoms with van der Waals surface area (Å²) in [6.07, 6.45) is 1.99. The average Bonchev–Trinajstić information content (AvgIpc) is 2.61. The minimum atomic E-state index is 0.418. The summed E-state index contributed by atoms with van der Waals surface area (Å²) in [6.45, 7) is 6.43. The van der Waals surface area contributed by atoms with E-state index in [4.69, 9.17) is 4.74 Å². The fourth-order valence-corrected chi connectivity index (χ4v) is 1.09. The highest BCUT2D eigenvalue weighted by molar-refractivity contribution is 4.97. The molecule has 0 spiro atoms. The van der Waals surface area contributed by atoms with Gasteiger partial charge in [-0.3, -0.25) is 4.68 Å². The lowest BCUT2D eigenvalue weighted by Crippen LogP contribution is -2.14. The number of ether oxygens (including phenoxy) is 1. The second kappa shape index (κ2) is 5.78. The van der Waals surface area contributed by atoms with Crippen LogP contribution in [0.4, 0.5) is 0 Å². The molecule has 0 radical (unpaired) electrons. The standard InChI is InChI=1S/C10H19N3O/c1-9(2)13-6-4-10(12-13)8-14-7-5-11-3/h4,6,9,11H,5,7-8H2,1-3H3. The Morgan fingerprint density at radius 1 is 1.57 bits per heavy atom. The van der Waals surface area contributed by atoms with Crippen LogP contribution in [-0.2, 0) is 11.3 Å². The highest BCUT2D eigenvalue weighted by atomic mass is 16.5. The Bertz CT molecular complexity index is 258. The SMILES string of the molecule is CNCCOCc1ccn(C(C)C)n1. The summed E-state index contributed by atoms with van der Waals surface area (Å²) in [7, 11) is 1.91. The Balaban J connectivity index is 2.29. The van der Waals surface area contributed by atoms with Crippen LogP contribution in [0, 0.1) is 0 Å². The van der Waals surface area contributed by atoms with Gasteiger partial charge >= 0.3 is 0 Å². The fourth-order valence-electron chi connectivity index (χ4n) is 1.09. The molecule has 0 amide bonds. The summed E-state index contributed by atoms with van der Waals surface area (Å²) in [5.74, 6) is 0. The van der Waals surface area contributed by atoms with Crippen molar-refractivity contribution in [2.45, 2.75) is 26.5 Å². The number of nitrogens with one attached hydrogen (secondary N) is 1. The molecule has 0 saturated carbocycles. The first-order valence-corrected chi connectivity index (χ1v) is 5.00. The number of likely N-dealkylation sites (N-methyl/N-ethyl adjacent to an activating group) is 1. The molecule has 0 fully saturated rings. The van der Waals surface area contributed by atoms with E-state index in [-0.39, 0.29) is 0 Å². The topological polar surface area (TPSA) is 39.1 Å². The maximum Gasteiger partial charge on any atom is 0.0907 e. The summed E-state index contributed by atoms with van der Waals surface area (Å²) in [5.41, 5.74) is 0.995. The predicted octanol–water partition coefficient (Wildman–Crippen LogP) is 1.20. The average molecular weight is 197 g/mol. The molecule has 1 heterocycles. The van der Waals surface area contributed by atoms with Crippen LogP contribution in [0.1, 0.15) is 25.6 Å². The molecule has 0 aliphatic carbocycles. The van der Waals surface area contributed by atoms with Crippen molar-refractivity contribution in [2.75, 3.05) is 20.2 Å². The summed E-state index contributed by atoms with van der Waals surface area (Å²) < 4.78 is 7.36. The molecule has 4 heteroatoms. The van der Waals surface area contributed by atoms with Crippen molar-refractivity contribution in [1.29, 1.82) is 0 Å². The third-order valence-corrected chi connectivity index (χ3v) is 1.94. The zero-order valence-electron chi connectivity index (χ0n) is 9.16. The highest BCUT2D eigenvalue weighted by Crippen LogP contribution is 2.04. The minimum Gasteiger partial charge on any atom is -0.374 e. The van der Waals surface area contributed by atoms with Gasteiger partial charge in [-0.15, -0.1) is 0 Å². The highest BCUT2D eigenvalue weighted by Gasteiger charge is 2.01. The smallest absolute Gasteiger partial charge is 0.0907 e.